The maximum absolute atomic E-state index is 5.88. The van der Waals surface area contributed by atoms with Gasteiger partial charge in [-0.05, 0) is 33.7 Å². The summed E-state index contributed by atoms with van der Waals surface area (Å²) in [5, 5.41) is 0. The van der Waals surface area contributed by atoms with Crippen LogP contribution in [-0.2, 0) is 0 Å². The second-order valence-corrected chi connectivity index (χ2v) is 4.21. The van der Waals surface area contributed by atoms with Gasteiger partial charge in [-0.3, -0.25) is 4.90 Å². The highest BCUT2D eigenvalue weighted by atomic mass is 15.2. The molecule has 0 rings (SSSR count). The molecule has 0 aromatic rings. The molecule has 2 heteroatoms. The molecular formula is C10H24N2. The Balaban J connectivity index is 3.93. The lowest BCUT2D eigenvalue weighted by Gasteiger charge is -2.36. The van der Waals surface area contributed by atoms with E-state index in [1.807, 2.05) is 0 Å². The van der Waals surface area contributed by atoms with Crippen molar-refractivity contribution in [2.75, 3.05) is 13.6 Å². The van der Waals surface area contributed by atoms with Crippen LogP contribution in [0.1, 0.15) is 40.5 Å². The van der Waals surface area contributed by atoms with Crippen LogP contribution in [0, 0.1) is 0 Å². The third kappa shape index (κ3) is 3.55. The number of rotatable bonds is 5. The predicted molar refractivity (Wildman–Crippen MR) is 55.3 cm³/mol. The first-order chi connectivity index (χ1) is 5.44. The summed E-state index contributed by atoms with van der Waals surface area (Å²) in [5.41, 5.74) is 6.17. The molecule has 0 radical (unpaired) electrons. The van der Waals surface area contributed by atoms with E-state index in [1.54, 1.807) is 0 Å². The van der Waals surface area contributed by atoms with Crippen LogP contribution in [0.2, 0.25) is 0 Å². The predicted octanol–water partition coefficient (Wildman–Crippen LogP) is 1.84. The summed E-state index contributed by atoms with van der Waals surface area (Å²) in [6, 6.07) is 0.320. The molecule has 2 N–H and O–H groups in total. The van der Waals surface area contributed by atoms with Crippen molar-refractivity contribution in [3.8, 4) is 0 Å². The maximum Gasteiger partial charge on any atom is 0.0165 e. The van der Waals surface area contributed by atoms with E-state index in [4.69, 9.17) is 5.73 Å². The van der Waals surface area contributed by atoms with Gasteiger partial charge < -0.3 is 5.73 Å². The zero-order chi connectivity index (χ0) is 9.78. The van der Waals surface area contributed by atoms with Crippen LogP contribution in [0.4, 0.5) is 0 Å². The fourth-order valence-corrected chi connectivity index (χ4v) is 0.998. The molecule has 0 aliphatic rings. The summed E-state index contributed by atoms with van der Waals surface area (Å²) in [4.78, 5) is 2.35. The summed E-state index contributed by atoms with van der Waals surface area (Å²) in [6.07, 6.45) is 2.23. The minimum absolute atomic E-state index is 0.285. The van der Waals surface area contributed by atoms with Crippen LogP contribution in [0.25, 0.3) is 0 Å². The van der Waals surface area contributed by atoms with Crippen LogP contribution in [0.3, 0.4) is 0 Å². The molecule has 0 aromatic heterocycles. The third-order valence-corrected chi connectivity index (χ3v) is 2.93. The summed E-state index contributed by atoms with van der Waals surface area (Å²) < 4.78 is 0. The molecule has 12 heavy (non-hydrogen) atoms. The van der Waals surface area contributed by atoms with E-state index in [2.05, 4.69) is 39.6 Å². The van der Waals surface area contributed by atoms with E-state index in [-0.39, 0.29) is 5.54 Å². The van der Waals surface area contributed by atoms with Gasteiger partial charge in [-0.2, -0.15) is 0 Å². The van der Waals surface area contributed by atoms with Crippen LogP contribution < -0.4 is 5.73 Å². The van der Waals surface area contributed by atoms with Gasteiger partial charge in [-0.25, -0.2) is 0 Å². The standard InChI is InChI=1S/C10H24N2/c1-6-9(11)8-12(5)10(3,4)7-2/h9H,6-8,11H2,1-5H3. The maximum atomic E-state index is 5.88. The Bertz CT molecular complexity index is 121. The summed E-state index contributed by atoms with van der Waals surface area (Å²) in [6.45, 7) is 9.87. The molecule has 1 unspecified atom stereocenters. The average molecular weight is 172 g/mol. The first kappa shape index (κ1) is 11.9. The van der Waals surface area contributed by atoms with Crippen molar-refractivity contribution in [2.24, 2.45) is 5.73 Å². The molecule has 1 atom stereocenters. The van der Waals surface area contributed by atoms with Gasteiger partial charge >= 0.3 is 0 Å². The van der Waals surface area contributed by atoms with Gasteiger partial charge in [0.05, 0.1) is 0 Å². The Labute approximate surface area is 77.1 Å². The number of likely N-dealkylation sites (N-methyl/N-ethyl adjacent to an activating group) is 1. The SMILES string of the molecule is CCC(N)CN(C)C(C)(C)CC. The molecular weight excluding hydrogens is 148 g/mol. The minimum atomic E-state index is 0.285. The topological polar surface area (TPSA) is 29.3 Å². The van der Waals surface area contributed by atoms with E-state index in [1.165, 1.54) is 6.42 Å². The summed E-state index contributed by atoms with van der Waals surface area (Å²) in [7, 11) is 2.15. The van der Waals surface area contributed by atoms with Gasteiger partial charge in [0, 0.05) is 18.1 Å². The van der Waals surface area contributed by atoms with Crippen molar-refractivity contribution in [3.05, 3.63) is 0 Å². The molecule has 0 aromatic carbocycles. The fourth-order valence-electron chi connectivity index (χ4n) is 0.998. The number of hydrogen-bond donors (Lipinski definition) is 1. The lowest BCUT2D eigenvalue weighted by molar-refractivity contribution is 0.141. The molecule has 74 valence electrons. The van der Waals surface area contributed by atoms with Gasteiger partial charge in [0.15, 0.2) is 0 Å². The Morgan fingerprint density at radius 1 is 1.33 bits per heavy atom. The first-order valence-corrected chi connectivity index (χ1v) is 4.90. The zero-order valence-corrected chi connectivity index (χ0v) is 9.22. The van der Waals surface area contributed by atoms with Gasteiger partial charge in [0.1, 0.15) is 0 Å². The highest BCUT2D eigenvalue weighted by Gasteiger charge is 2.21. The molecule has 0 bridgehead atoms. The van der Waals surface area contributed by atoms with Gasteiger partial charge in [0.2, 0.25) is 0 Å². The number of nitrogens with two attached hydrogens (primary N) is 1. The Morgan fingerprint density at radius 3 is 2.17 bits per heavy atom. The lowest BCUT2D eigenvalue weighted by atomic mass is 9.99. The van der Waals surface area contributed by atoms with Crippen LogP contribution >= 0.6 is 0 Å². The van der Waals surface area contributed by atoms with Crippen molar-refractivity contribution < 1.29 is 0 Å². The van der Waals surface area contributed by atoms with Crippen LogP contribution in [0.15, 0.2) is 0 Å². The lowest BCUT2D eigenvalue weighted by Crippen LogP contribution is -2.46. The Morgan fingerprint density at radius 2 is 1.83 bits per heavy atom. The number of hydrogen-bond acceptors (Lipinski definition) is 2. The van der Waals surface area contributed by atoms with Gasteiger partial charge in [-0.15, -0.1) is 0 Å². The molecule has 0 aliphatic carbocycles. The molecule has 2 nitrogen and oxygen atoms in total. The van der Waals surface area contributed by atoms with Crippen molar-refractivity contribution >= 4 is 0 Å². The van der Waals surface area contributed by atoms with E-state index in [0.29, 0.717) is 6.04 Å². The van der Waals surface area contributed by atoms with E-state index >= 15 is 0 Å². The van der Waals surface area contributed by atoms with E-state index in [9.17, 15) is 0 Å². The molecule has 0 saturated carbocycles. The minimum Gasteiger partial charge on any atom is -0.327 e. The molecule has 0 spiro atoms. The molecule has 0 amide bonds. The normalized spacial score (nSPS) is 15.2. The van der Waals surface area contributed by atoms with Crippen molar-refractivity contribution in [2.45, 2.75) is 52.1 Å². The second kappa shape index (κ2) is 4.83. The van der Waals surface area contributed by atoms with Gasteiger partial charge in [-0.1, -0.05) is 13.8 Å². The highest BCUT2D eigenvalue weighted by molar-refractivity contribution is 4.79. The summed E-state index contributed by atoms with van der Waals surface area (Å²) in [5.74, 6) is 0. The van der Waals surface area contributed by atoms with Crippen LogP contribution in [-0.4, -0.2) is 30.1 Å². The van der Waals surface area contributed by atoms with Crippen molar-refractivity contribution in [1.29, 1.82) is 0 Å². The first-order valence-electron chi connectivity index (χ1n) is 4.90. The Kier molecular flexibility index (Phi) is 4.80. The number of nitrogens with zero attached hydrogens (tertiary/aromatic N) is 1. The van der Waals surface area contributed by atoms with Crippen molar-refractivity contribution in [3.63, 3.8) is 0 Å². The highest BCUT2D eigenvalue weighted by Crippen LogP contribution is 2.16. The summed E-state index contributed by atoms with van der Waals surface area (Å²) >= 11 is 0. The van der Waals surface area contributed by atoms with Crippen molar-refractivity contribution in [1.82, 2.24) is 4.90 Å². The fraction of sp³-hybridized carbons (Fsp3) is 1.00. The third-order valence-electron chi connectivity index (χ3n) is 2.93. The molecule has 0 aliphatic heterocycles. The molecule has 0 fully saturated rings. The smallest absolute Gasteiger partial charge is 0.0165 e. The monoisotopic (exact) mass is 172 g/mol. The molecule has 0 saturated heterocycles. The zero-order valence-electron chi connectivity index (χ0n) is 9.22. The largest absolute Gasteiger partial charge is 0.327 e. The quantitative estimate of drug-likeness (QED) is 0.685. The van der Waals surface area contributed by atoms with Crippen LogP contribution in [0.5, 0.6) is 0 Å². The average Bonchev–Trinajstić information content (AvgIpc) is 2.04. The van der Waals surface area contributed by atoms with Gasteiger partial charge in [0.25, 0.3) is 0 Å². The van der Waals surface area contributed by atoms with E-state index < -0.39 is 0 Å². The Hall–Kier alpha value is -0.0800. The molecule has 0 heterocycles. The second-order valence-electron chi connectivity index (χ2n) is 4.21. The van der Waals surface area contributed by atoms with E-state index in [0.717, 1.165) is 13.0 Å².